The second-order valence-corrected chi connectivity index (χ2v) is 12.1. The minimum Gasteiger partial charge on any atom is -0.460 e. The van der Waals surface area contributed by atoms with Crippen LogP contribution in [0, 0.1) is 11.8 Å². The third kappa shape index (κ3) is 6.86. The fourth-order valence-electron chi connectivity index (χ4n) is 5.26. The van der Waals surface area contributed by atoms with E-state index in [0.29, 0.717) is 11.6 Å². The molecule has 0 unspecified atom stereocenters. The molecule has 40 heavy (non-hydrogen) atoms. The smallest absolute Gasteiger partial charge is 0.365 e. The lowest BCUT2D eigenvalue weighted by Crippen LogP contribution is -2.37. The maximum atomic E-state index is 14.2. The highest BCUT2D eigenvalue weighted by atomic mass is 19.3. The maximum absolute atomic E-state index is 14.2. The highest BCUT2D eigenvalue weighted by Gasteiger charge is 2.36. The van der Waals surface area contributed by atoms with Gasteiger partial charge in [-0.1, -0.05) is 43.3 Å². The third-order valence-electron chi connectivity index (χ3n) is 7.66. The van der Waals surface area contributed by atoms with E-state index in [2.05, 4.69) is 10.1 Å². The largest absolute Gasteiger partial charge is 0.460 e. The number of amidine groups is 1. The first-order valence-corrected chi connectivity index (χ1v) is 13.9. The molecular formula is C31H39F2N3O4. The van der Waals surface area contributed by atoms with Crippen LogP contribution in [0.4, 0.5) is 8.78 Å². The Morgan fingerprint density at radius 1 is 0.950 bits per heavy atom. The molecule has 0 amide bonds. The van der Waals surface area contributed by atoms with Crippen molar-refractivity contribution >= 4 is 17.8 Å². The summed E-state index contributed by atoms with van der Waals surface area (Å²) in [4.78, 5) is 32.3. The van der Waals surface area contributed by atoms with E-state index in [4.69, 9.17) is 15.3 Å². The molecule has 9 heteroatoms. The van der Waals surface area contributed by atoms with E-state index in [1.807, 2.05) is 39.0 Å². The number of benzene rings is 2. The predicted octanol–water partition coefficient (Wildman–Crippen LogP) is 6.13. The Balaban J connectivity index is 1.32. The van der Waals surface area contributed by atoms with Crippen molar-refractivity contribution < 1.29 is 27.9 Å². The second kappa shape index (κ2) is 11.6. The monoisotopic (exact) mass is 555 g/mol. The summed E-state index contributed by atoms with van der Waals surface area (Å²) >= 11 is 0. The Morgan fingerprint density at radius 2 is 1.55 bits per heavy atom. The molecule has 1 saturated carbocycles. The number of carbonyl (C=O) groups excluding carboxylic acids is 2. The summed E-state index contributed by atoms with van der Waals surface area (Å²) in [6, 6.07) is 11.2. The van der Waals surface area contributed by atoms with Gasteiger partial charge in [0.1, 0.15) is 5.60 Å². The SMILES string of the molecule is CC(C)C(F)(F)c1ccc(C(=O)ON=C(N)c2ccc3c(c2)CN(C2CCC(C(=O)OC(C)(C)C)CC2)C3)cc1. The molecule has 1 aliphatic heterocycles. The van der Waals surface area contributed by atoms with Crippen LogP contribution in [0.1, 0.15) is 92.9 Å². The lowest BCUT2D eigenvalue weighted by atomic mass is 9.85. The number of fused-ring (bicyclic) bond motifs is 1. The highest BCUT2D eigenvalue weighted by Crippen LogP contribution is 2.36. The summed E-state index contributed by atoms with van der Waals surface area (Å²) in [7, 11) is 0. The van der Waals surface area contributed by atoms with Crippen LogP contribution in [-0.2, 0) is 33.4 Å². The number of halogens is 2. The molecule has 2 aromatic carbocycles. The number of hydrogen-bond donors (Lipinski definition) is 1. The fraction of sp³-hybridized carbons (Fsp3) is 0.516. The van der Waals surface area contributed by atoms with Gasteiger partial charge in [-0.15, -0.1) is 0 Å². The number of nitrogens with two attached hydrogens (primary N) is 1. The number of hydrogen-bond acceptors (Lipinski definition) is 6. The van der Waals surface area contributed by atoms with Crippen LogP contribution in [-0.4, -0.2) is 34.3 Å². The Bertz CT molecular complexity index is 1260. The molecule has 2 N–H and O–H groups in total. The van der Waals surface area contributed by atoms with Gasteiger partial charge in [-0.3, -0.25) is 9.69 Å². The van der Waals surface area contributed by atoms with Crippen molar-refractivity contribution in [1.82, 2.24) is 4.90 Å². The Kier molecular flexibility index (Phi) is 8.63. The van der Waals surface area contributed by atoms with Crippen LogP contribution in [0.2, 0.25) is 0 Å². The molecule has 4 rings (SSSR count). The average molecular weight is 556 g/mol. The fourth-order valence-corrected chi connectivity index (χ4v) is 5.26. The Labute approximate surface area is 234 Å². The van der Waals surface area contributed by atoms with Gasteiger partial charge in [0.25, 0.3) is 5.92 Å². The summed E-state index contributed by atoms with van der Waals surface area (Å²) in [5, 5.41) is 3.79. The van der Waals surface area contributed by atoms with Crippen LogP contribution in [0.15, 0.2) is 47.6 Å². The van der Waals surface area contributed by atoms with Crippen molar-refractivity contribution in [2.75, 3.05) is 0 Å². The zero-order valence-corrected chi connectivity index (χ0v) is 23.9. The van der Waals surface area contributed by atoms with E-state index < -0.39 is 23.4 Å². The van der Waals surface area contributed by atoms with Crippen molar-refractivity contribution in [1.29, 1.82) is 0 Å². The topological polar surface area (TPSA) is 94.2 Å². The van der Waals surface area contributed by atoms with E-state index >= 15 is 0 Å². The first-order chi connectivity index (χ1) is 18.7. The zero-order chi connectivity index (χ0) is 29.2. The van der Waals surface area contributed by atoms with Gasteiger partial charge in [-0.25, -0.2) is 13.6 Å². The lowest BCUT2D eigenvalue weighted by Gasteiger charge is -2.34. The van der Waals surface area contributed by atoms with Crippen molar-refractivity contribution in [2.24, 2.45) is 22.7 Å². The van der Waals surface area contributed by atoms with Gasteiger partial charge in [0.15, 0.2) is 5.84 Å². The normalized spacial score (nSPS) is 20.4. The van der Waals surface area contributed by atoms with Gasteiger partial charge < -0.3 is 15.3 Å². The Morgan fingerprint density at radius 3 is 2.15 bits per heavy atom. The molecule has 2 aliphatic rings. The maximum Gasteiger partial charge on any atom is 0.365 e. The van der Waals surface area contributed by atoms with Gasteiger partial charge in [0, 0.05) is 36.2 Å². The van der Waals surface area contributed by atoms with E-state index in [1.54, 1.807) is 0 Å². The second-order valence-electron chi connectivity index (χ2n) is 12.1. The highest BCUT2D eigenvalue weighted by molar-refractivity contribution is 5.98. The number of alkyl halides is 2. The average Bonchev–Trinajstić information content (AvgIpc) is 3.34. The molecule has 1 aliphatic carbocycles. The summed E-state index contributed by atoms with van der Waals surface area (Å²) in [5.74, 6) is -4.72. The Hall–Kier alpha value is -3.33. The van der Waals surface area contributed by atoms with Crippen LogP contribution in [0.3, 0.4) is 0 Å². The van der Waals surface area contributed by atoms with Crippen molar-refractivity contribution in [3.63, 3.8) is 0 Å². The van der Waals surface area contributed by atoms with Crippen molar-refractivity contribution in [3.05, 3.63) is 70.3 Å². The molecule has 0 atom stereocenters. The molecule has 7 nitrogen and oxygen atoms in total. The first-order valence-electron chi connectivity index (χ1n) is 13.9. The first kappa shape index (κ1) is 29.6. The number of oxime groups is 1. The summed E-state index contributed by atoms with van der Waals surface area (Å²) in [5.41, 5.74) is 8.56. The number of nitrogens with zero attached hydrogens (tertiary/aromatic N) is 2. The minimum absolute atomic E-state index is 0.0373. The molecule has 0 spiro atoms. The van der Waals surface area contributed by atoms with Gasteiger partial charge in [0.2, 0.25) is 0 Å². The van der Waals surface area contributed by atoms with Crippen molar-refractivity contribution in [3.8, 4) is 0 Å². The van der Waals surface area contributed by atoms with Crippen LogP contribution in [0.5, 0.6) is 0 Å². The van der Waals surface area contributed by atoms with Gasteiger partial charge in [-0.2, -0.15) is 0 Å². The summed E-state index contributed by atoms with van der Waals surface area (Å²) < 4.78 is 34.0. The van der Waals surface area contributed by atoms with Crippen LogP contribution < -0.4 is 5.73 Å². The minimum atomic E-state index is -2.99. The van der Waals surface area contributed by atoms with Gasteiger partial charge >= 0.3 is 11.9 Å². The molecule has 0 saturated heterocycles. The predicted molar refractivity (Wildman–Crippen MR) is 149 cm³/mol. The number of rotatable bonds is 7. The van der Waals surface area contributed by atoms with Crippen molar-refractivity contribution in [2.45, 2.75) is 91.0 Å². The van der Waals surface area contributed by atoms with E-state index in [-0.39, 0.29) is 28.8 Å². The number of esters is 1. The molecular weight excluding hydrogens is 516 g/mol. The molecule has 1 fully saturated rings. The number of ether oxygens (including phenoxy) is 1. The summed E-state index contributed by atoms with van der Waals surface area (Å²) in [6.07, 6.45) is 3.54. The molecule has 1 heterocycles. The van der Waals surface area contributed by atoms with E-state index in [1.165, 1.54) is 43.7 Å². The molecule has 0 aromatic heterocycles. The van der Waals surface area contributed by atoms with Gasteiger partial charge in [0.05, 0.1) is 11.5 Å². The van der Waals surface area contributed by atoms with Gasteiger partial charge in [-0.05, 0) is 75.8 Å². The van der Waals surface area contributed by atoms with Crippen LogP contribution in [0.25, 0.3) is 0 Å². The third-order valence-corrected chi connectivity index (χ3v) is 7.66. The zero-order valence-electron chi connectivity index (χ0n) is 23.9. The molecule has 216 valence electrons. The summed E-state index contributed by atoms with van der Waals surface area (Å²) in [6.45, 7) is 10.2. The molecule has 2 aromatic rings. The van der Waals surface area contributed by atoms with E-state index in [0.717, 1.165) is 44.3 Å². The van der Waals surface area contributed by atoms with E-state index in [9.17, 15) is 18.4 Å². The van der Waals surface area contributed by atoms with Crippen LogP contribution >= 0.6 is 0 Å². The lowest BCUT2D eigenvalue weighted by molar-refractivity contribution is -0.161. The molecule has 0 radical (unpaired) electrons. The number of carbonyl (C=O) groups is 2. The standard InChI is InChI=1S/C31H39F2N3O4/c1-19(2)31(32,33)25-12-8-21(9-13-25)29(38)40-35-27(34)22-6-7-23-17-36(18-24(23)16-22)26-14-10-20(11-15-26)28(37)39-30(3,4)5/h6-9,12-13,16,19-20,26H,10-11,14-15,17-18H2,1-5H3,(H2,34,35). The quantitative estimate of drug-likeness (QED) is 0.145. The molecule has 0 bridgehead atoms.